The third kappa shape index (κ3) is 3.11. The average Bonchev–Trinajstić information content (AvgIpc) is 2.90. The van der Waals surface area contributed by atoms with Crippen LogP contribution < -0.4 is 0 Å². The number of likely N-dealkylation sites (tertiary alicyclic amines) is 1. The van der Waals surface area contributed by atoms with Crippen LogP contribution in [0.2, 0.25) is 5.02 Å². The van der Waals surface area contributed by atoms with Crippen molar-refractivity contribution in [2.24, 2.45) is 7.05 Å². The van der Waals surface area contributed by atoms with Crippen LogP contribution in [0.15, 0.2) is 30.6 Å². The smallest absolute Gasteiger partial charge is 0.146 e. The van der Waals surface area contributed by atoms with E-state index in [0.29, 0.717) is 18.0 Å². The third-order valence-corrected chi connectivity index (χ3v) is 4.45. The molecule has 1 atom stereocenters. The maximum Gasteiger partial charge on any atom is 0.146 e. The number of nitrogens with zero attached hydrogens (tertiary/aromatic N) is 3. The van der Waals surface area contributed by atoms with E-state index in [2.05, 4.69) is 14.5 Å². The molecule has 1 aliphatic rings. The summed E-state index contributed by atoms with van der Waals surface area (Å²) in [5, 5.41) is 0.199. The number of aromatic nitrogens is 2. The van der Waals surface area contributed by atoms with Crippen LogP contribution in [0, 0.1) is 5.82 Å². The predicted octanol–water partition coefficient (Wildman–Crippen LogP) is 3.59. The zero-order valence-corrected chi connectivity index (χ0v) is 12.9. The minimum Gasteiger partial charge on any atom is -0.338 e. The maximum atomic E-state index is 14.0. The molecular formula is C16H19ClFN3. The number of rotatable bonds is 3. The van der Waals surface area contributed by atoms with Crippen LogP contribution in [0.4, 0.5) is 4.39 Å². The van der Waals surface area contributed by atoms with E-state index in [1.54, 1.807) is 12.1 Å². The number of aryl methyl sites for hydroxylation is 1. The van der Waals surface area contributed by atoms with Gasteiger partial charge in [0.1, 0.15) is 11.6 Å². The van der Waals surface area contributed by atoms with Gasteiger partial charge < -0.3 is 4.57 Å². The predicted molar refractivity (Wildman–Crippen MR) is 81.9 cm³/mol. The van der Waals surface area contributed by atoms with Gasteiger partial charge in [0, 0.05) is 44.0 Å². The Morgan fingerprint density at radius 1 is 1.43 bits per heavy atom. The number of halogens is 2. The minimum atomic E-state index is -0.293. The summed E-state index contributed by atoms with van der Waals surface area (Å²) in [6, 6.07) is 5.21. The molecule has 0 radical (unpaired) electrons. The first kappa shape index (κ1) is 14.5. The van der Waals surface area contributed by atoms with Gasteiger partial charge in [0.05, 0.1) is 5.02 Å². The van der Waals surface area contributed by atoms with Crippen LogP contribution in [0.5, 0.6) is 0 Å². The molecule has 0 bridgehead atoms. The van der Waals surface area contributed by atoms with Gasteiger partial charge in [-0.1, -0.05) is 23.7 Å². The van der Waals surface area contributed by atoms with Gasteiger partial charge in [0.15, 0.2) is 0 Å². The SMILES string of the molecule is Cn1ccnc1[C@@H]1CCCN(Cc2cccc(Cl)c2F)C1. The average molecular weight is 308 g/mol. The van der Waals surface area contributed by atoms with Crippen LogP contribution in [-0.2, 0) is 13.6 Å². The number of hydrogen-bond donors (Lipinski definition) is 0. The fourth-order valence-corrected chi connectivity index (χ4v) is 3.29. The van der Waals surface area contributed by atoms with Gasteiger partial charge in [-0.15, -0.1) is 0 Å². The summed E-state index contributed by atoms with van der Waals surface area (Å²) in [4.78, 5) is 6.74. The molecule has 21 heavy (non-hydrogen) atoms. The van der Waals surface area contributed by atoms with Crippen LogP contribution in [-0.4, -0.2) is 27.5 Å². The van der Waals surface area contributed by atoms with Crippen LogP contribution in [0.1, 0.15) is 30.1 Å². The minimum absolute atomic E-state index is 0.199. The van der Waals surface area contributed by atoms with Gasteiger partial charge in [-0.25, -0.2) is 9.37 Å². The molecule has 2 aromatic rings. The molecule has 1 aliphatic heterocycles. The van der Waals surface area contributed by atoms with Gasteiger partial charge in [0.25, 0.3) is 0 Å². The molecule has 0 N–H and O–H groups in total. The van der Waals surface area contributed by atoms with Gasteiger partial charge >= 0.3 is 0 Å². The maximum absolute atomic E-state index is 14.0. The fraction of sp³-hybridized carbons (Fsp3) is 0.438. The van der Waals surface area contributed by atoms with E-state index in [1.165, 1.54) is 0 Å². The molecule has 3 nitrogen and oxygen atoms in total. The van der Waals surface area contributed by atoms with Gasteiger partial charge in [-0.3, -0.25) is 4.90 Å². The van der Waals surface area contributed by atoms with Crippen molar-refractivity contribution in [1.82, 2.24) is 14.5 Å². The topological polar surface area (TPSA) is 21.1 Å². The van der Waals surface area contributed by atoms with E-state index in [4.69, 9.17) is 11.6 Å². The van der Waals surface area contributed by atoms with Crippen molar-refractivity contribution in [3.8, 4) is 0 Å². The molecule has 0 amide bonds. The Kier molecular flexibility index (Phi) is 4.27. The Morgan fingerprint density at radius 3 is 3.05 bits per heavy atom. The van der Waals surface area contributed by atoms with E-state index in [1.807, 2.05) is 25.5 Å². The van der Waals surface area contributed by atoms with Gasteiger partial charge in [0.2, 0.25) is 0 Å². The fourth-order valence-electron chi connectivity index (χ4n) is 3.09. The molecule has 1 saturated heterocycles. The molecule has 1 aromatic carbocycles. The van der Waals surface area contributed by atoms with E-state index in [9.17, 15) is 4.39 Å². The van der Waals surface area contributed by atoms with Crippen molar-refractivity contribution < 1.29 is 4.39 Å². The molecule has 5 heteroatoms. The Morgan fingerprint density at radius 2 is 2.29 bits per heavy atom. The van der Waals surface area contributed by atoms with Crippen molar-refractivity contribution in [3.63, 3.8) is 0 Å². The van der Waals surface area contributed by atoms with Crippen molar-refractivity contribution in [3.05, 3.63) is 52.8 Å². The first-order chi connectivity index (χ1) is 10.1. The molecule has 0 saturated carbocycles. The molecule has 0 spiro atoms. The molecule has 0 unspecified atom stereocenters. The molecule has 112 valence electrons. The summed E-state index contributed by atoms with van der Waals surface area (Å²) < 4.78 is 16.1. The number of imidazole rings is 1. The Labute approximate surface area is 129 Å². The molecule has 1 aromatic heterocycles. The third-order valence-electron chi connectivity index (χ3n) is 4.15. The van der Waals surface area contributed by atoms with Gasteiger partial charge in [-0.2, -0.15) is 0 Å². The molecule has 0 aliphatic carbocycles. The summed E-state index contributed by atoms with van der Waals surface area (Å²) >= 11 is 5.86. The van der Waals surface area contributed by atoms with E-state index in [0.717, 1.165) is 31.8 Å². The monoisotopic (exact) mass is 307 g/mol. The Balaban J connectivity index is 1.72. The largest absolute Gasteiger partial charge is 0.338 e. The van der Waals surface area contributed by atoms with Crippen LogP contribution in [0.25, 0.3) is 0 Å². The van der Waals surface area contributed by atoms with E-state index >= 15 is 0 Å². The molecule has 3 rings (SSSR count). The summed E-state index contributed by atoms with van der Waals surface area (Å²) in [6.45, 7) is 2.51. The zero-order valence-electron chi connectivity index (χ0n) is 12.1. The second kappa shape index (κ2) is 6.16. The number of piperidine rings is 1. The lowest BCUT2D eigenvalue weighted by Gasteiger charge is -2.32. The summed E-state index contributed by atoms with van der Waals surface area (Å²) in [7, 11) is 2.03. The zero-order chi connectivity index (χ0) is 14.8. The second-order valence-corrected chi connectivity index (χ2v) is 6.09. The highest BCUT2D eigenvalue weighted by molar-refractivity contribution is 6.30. The molecule has 1 fully saturated rings. The van der Waals surface area contributed by atoms with Crippen molar-refractivity contribution >= 4 is 11.6 Å². The Bertz CT molecular complexity index is 626. The van der Waals surface area contributed by atoms with Crippen LogP contribution >= 0.6 is 11.6 Å². The molecule has 2 heterocycles. The summed E-state index contributed by atoms with van der Waals surface area (Å²) in [6.07, 6.45) is 6.06. The normalized spacial score (nSPS) is 19.9. The van der Waals surface area contributed by atoms with Crippen molar-refractivity contribution in [2.45, 2.75) is 25.3 Å². The highest BCUT2D eigenvalue weighted by Crippen LogP contribution is 2.27. The van der Waals surface area contributed by atoms with Crippen molar-refractivity contribution in [2.75, 3.05) is 13.1 Å². The standard InChI is InChI=1S/C16H19ClFN3/c1-20-9-7-19-16(20)13-5-3-8-21(11-13)10-12-4-2-6-14(17)15(12)18/h2,4,6-7,9,13H,3,5,8,10-11H2,1H3/t13-/m1/s1. The van der Waals surface area contributed by atoms with E-state index in [-0.39, 0.29) is 10.8 Å². The number of hydrogen-bond acceptors (Lipinski definition) is 2. The lowest BCUT2D eigenvalue weighted by atomic mass is 9.96. The summed E-state index contributed by atoms with van der Waals surface area (Å²) in [5.74, 6) is 1.24. The van der Waals surface area contributed by atoms with Crippen LogP contribution in [0.3, 0.4) is 0 Å². The lowest BCUT2D eigenvalue weighted by Crippen LogP contribution is -2.35. The highest BCUT2D eigenvalue weighted by atomic mass is 35.5. The van der Waals surface area contributed by atoms with Gasteiger partial charge in [-0.05, 0) is 25.5 Å². The first-order valence-corrected chi connectivity index (χ1v) is 7.65. The van der Waals surface area contributed by atoms with Crippen molar-refractivity contribution in [1.29, 1.82) is 0 Å². The lowest BCUT2D eigenvalue weighted by molar-refractivity contribution is 0.193. The molecular weight excluding hydrogens is 289 g/mol. The summed E-state index contributed by atoms with van der Waals surface area (Å²) in [5.41, 5.74) is 0.669. The highest BCUT2D eigenvalue weighted by Gasteiger charge is 2.24. The Hall–Kier alpha value is -1.39. The van der Waals surface area contributed by atoms with E-state index < -0.39 is 0 Å². The second-order valence-electron chi connectivity index (χ2n) is 5.68. The quantitative estimate of drug-likeness (QED) is 0.864. The first-order valence-electron chi connectivity index (χ1n) is 7.27. The number of benzene rings is 1.